The number of benzene rings is 1. The van der Waals surface area contributed by atoms with Gasteiger partial charge >= 0.3 is 0 Å². The van der Waals surface area contributed by atoms with Gasteiger partial charge in [0.15, 0.2) is 0 Å². The van der Waals surface area contributed by atoms with Gasteiger partial charge in [0.05, 0.1) is 10.6 Å². The highest BCUT2D eigenvalue weighted by atomic mass is 79.9. The first kappa shape index (κ1) is 12.8. The van der Waals surface area contributed by atoms with Gasteiger partial charge in [0.2, 0.25) is 0 Å². The summed E-state index contributed by atoms with van der Waals surface area (Å²) in [5.74, 6) is -0.863. The van der Waals surface area contributed by atoms with E-state index in [1.165, 1.54) is 18.2 Å². The molecule has 0 bridgehead atoms. The van der Waals surface area contributed by atoms with Crippen LogP contribution in [0.1, 0.15) is 23.2 Å². The van der Waals surface area contributed by atoms with Gasteiger partial charge in [-0.2, -0.15) is 0 Å². The zero-order valence-corrected chi connectivity index (χ0v) is 11.5. The normalized spacial score (nSPS) is 19.7. The minimum Gasteiger partial charge on any atom is -0.335 e. The quantitative estimate of drug-likeness (QED) is 0.764. The Morgan fingerprint density at radius 2 is 2.35 bits per heavy atom. The highest BCUT2D eigenvalue weighted by Gasteiger charge is 2.30. The predicted octanol–water partition coefficient (Wildman–Crippen LogP) is 3.48. The van der Waals surface area contributed by atoms with Crippen LogP contribution < -0.4 is 0 Å². The fraction of sp³-hybridized carbons (Fsp3) is 0.417. The molecule has 0 spiro atoms. The van der Waals surface area contributed by atoms with Gasteiger partial charge in [-0.25, -0.2) is 4.39 Å². The van der Waals surface area contributed by atoms with Gasteiger partial charge in [-0.1, -0.05) is 33.6 Å². The first-order valence-corrected chi connectivity index (χ1v) is 6.96. The molecule has 5 heteroatoms. The van der Waals surface area contributed by atoms with E-state index in [2.05, 4.69) is 15.9 Å². The van der Waals surface area contributed by atoms with Crippen molar-refractivity contribution in [3.63, 3.8) is 0 Å². The first-order valence-electron chi connectivity index (χ1n) is 5.46. The second-order valence-corrected chi connectivity index (χ2v) is 5.10. The van der Waals surface area contributed by atoms with E-state index in [4.69, 9.17) is 11.6 Å². The topological polar surface area (TPSA) is 20.3 Å². The number of nitrogens with zero attached hydrogens (tertiary/aromatic N) is 1. The second kappa shape index (κ2) is 5.36. The summed E-state index contributed by atoms with van der Waals surface area (Å²) in [5.41, 5.74) is -0.0120. The van der Waals surface area contributed by atoms with E-state index in [1.54, 1.807) is 4.90 Å². The highest BCUT2D eigenvalue weighted by molar-refractivity contribution is 9.09. The number of alkyl halides is 1. The lowest BCUT2D eigenvalue weighted by atomic mass is 10.1. The number of carbonyl (C=O) groups excluding carboxylic acids is 1. The molecule has 17 heavy (non-hydrogen) atoms. The van der Waals surface area contributed by atoms with Crippen molar-refractivity contribution in [1.29, 1.82) is 0 Å². The van der Waals surface area contributed by atoms with E-state index < -0.39 is 5.82 Å². The van der Waals surface area contributed by atoms with Crippen LogP contribution in [0, 0.1) is 5.82 Å². The van der Waals surface area contributed by atoms with Gasteiger partial charge in [-0.15, -0.1) is 0 Å². The number of hydrogen-bond donors (Lipinski definition) is 0. The van der Waals surface area contributed by atoms with E-state index in [1.807, 2.05) is 0 Å². The number of amides is 1. The maximum absolute atomic E-state index is 13.6. The number of carbonyl (C=O) groups is 1. The zero-order chi connectivity index (χ0) is 12.4. The van der Waals surface area contributed by atoms with Crippen molar-refractivity contribution >= 4 is 33.4 Å². The van der Waals surface area contributed by atoms with Gasteiger partial charge in [0.1, 0.15) is 5.82 Å². The molecule has 0 aliphatic carbocycles. The van der Waals surface area contributed by atoms with Crippen LogP contribution in [0.3, 0.4) is 0 Å². The standard InChI is InChI=1S/C12H12BrClFNO/c13-7-8-3-2-6-16(8)12(17)11-9(14)4-1-5-10(11)15/h1,4-5,8H,2-3,6-7H2. The summed E-state index contributed by atoms with van der Waals surface area (Å²) in [7, 11) is 0. The molecular formula is C12H12BrClFNO. The van der Waals surface area contributed by atoms with Crippen molar-refractivity contribution in [2.75, 3.05) is 11.9 Å². The summed E-state index contributed by atoms with van der Waals surface area (Å²) < 4.78 is 13.6. The van der Waals surface area contributed by atoms with Crippen LogP contribution in [0.5, 0.6) is 0 Å². The smallest absolute Gasteiger partial charge is 0.258 e. The van der Waals surface area contributed by atoms with Gasteiger partial charge < -0.3 is 4.90 Å². The highest BCUT2D eigenvalue weighted by Crippen LogP contribution is 2.26. The number of likely N-dealkylation sites (tertiary alicyclic amines) is 1. The SMILES string of the molecule is O=C(c1c(F)cccc1Cl)N1CCCC1CBr. The summed E-state index contributed by atoms with van der Waals surface area (Å²) in [6.45, 7) is 0.666. The Bertz CT molecular complexity index is 420. The molecule has 1 aliphatic heterocycles. The lowest BCUT2D eigenvalue weighted by molar-refractivity contribution is 0.0746. The molecule has 1 aliphatic rings. The maximum atomic E-state index is 13.6. The van der Waals surface area contributed by atoms with Crippen molar-refractivity contribution in [3.8, 4) is 0 Å². The van der Waals surface area contributed by atoms with Gasteiger partial charge in [0, 0.05) is 17.9 Å². The molecule has 1 unspecified atom stereocenters. The fourth-order valence-electron chi connectivity index (χ4n) is 2.11. The molecule has 1 heterocycles. The van der Waals surface area contributed by atoms with Crippen LogP contribution in [-0.4, -0.2) is 28.7 Å². The van der Waals surface area contributed by atoms with Gasteiger partial charge in [-0.3, -0.25) is 4.79 Å². The summed E-state index contributed by atoms with van der Waals surface area (Å²) in [4.78, 5) is 13.9. The predicted molar refractivity (Wildman–Crippen MR) is 69.3 cm³/mol. The fourth-order valence-corrected chi connectivity index (χ4v) is 3.03. The number of halogens is 3. The van der Waals surface area contributed by atoms with E-state index in [0.717, 1.165) is 12.8 Å². The van der Waals surface area contributed by atoms with Crippen molar-refractivity contribution in [3.05, 3.63) is 34.6 Å². The van der Waals surface area contributed by atoms with Crippen LogP contribution >= 0.6 is 27.5 Å². The van der Waals surface area contributed by atoms with Crippen LogP contribution in [0.2, 0.25) is 5.02 Å². The Kier molecular flexibility index (Phi) is 4.05. The summed E-state index contributed by atoms with van der Waals surface area (Å²) in [5, 5.41) is 0.889. The van der Waals surface area contributed by atoms with Crippen molar-refractivity contribution in [2.45, 2.75) is 18.9 Å². The molecule has 0 aromatic heterocycles. The molecule has 1 fully saturated rings. The second-order valence-electron chi connectivity index (χ2n) is 4.05. The average molecular weight is 321 g/mol. The number of rotatable bonds is 2. The van der Waals surface area contributed by atoms with Gasteiger partial charge in [0.25, 0.3) is 5.91 Å². The molecule has 1 saturated heterocycles. The van der Waals surface area contributed by atoms with Crippen LogP contribution in [-0.2, 0) is 0 Å². The molecule has 1 atom stereocenters. The lowest BCUT2D eigenvalue weighted by Crippen LogP contribution is -2.37. The number of hydrogen-bond acceptors (Lipinski definition) is 1. The van der Waals surface area contributed by atoms with Crippen molar-refractivity contribution < 1.29 is 9.18 Å². The Morgan fingerprint density at radius 3 is 3.00 bits per heavy atom. The molecule has 92 valence electrons. The third kappa shape index (κ3) is 2.47. The molecule has 0 radical (unpaired) electrons. The third-order valence-electron chi connectivity index (χ3n) is 2.99. The molecule has 1 amide bonds. The molecule has 0 saturated carbocycles. The van der Waals surface area contributed by atoms with Crippen LogP contribution in [0.25, 0.3) is 0 Å². The molecule has 0 N–H and O–H groups in total. The first-order chi connectivity index (χ1) is 8.15. The van der Waals surface area contributed by atoms with Gasteiger partial charge in [-0.05, 0) is 25.0 Å². The molecule has 1 aromatic rings. The molecule has 2 nitrogen and oxygen atoms in total. The van der Waals surface area contributed by atoms with Crippen molar-refractivity contribution in [2.24, 2.45) is 0 Å². The Balaban J connectivity index is 2.31. The summed E-state index contributed by atoms with van der Waals surface area (Å²) in [6.07, 6.45) is 1.90. The molecular weight excluding hydrogens is 308 g/mol. The summed E-state index contributed by atoms with van der Waals surface area (Å²) in [6, 6.07) is 4.44. The van der Waals surface area contributed by atoms with Crippen molar-refractivity contribution in [1.82, 2.24) is 4.90 Å². The maximum Gasteiger partial charge on any atom is 0.258 e. The van der Waals surface area contributed by atoms with E-state index in [0.29, 0.717) is 11.9 Å². The average Bonchev–Trinajstić information content (AvgIpc) is 2.76. The summed E-state index contributed by atoms with van der Waals surface area (Å²) >= 11 is 9.27. The monoisotopic (exact) mass is 319 g/mol. The minimum absolute atomic E-state index is 0.0120. The lowest BCUT2D eigenvalue weighted by Gasteiger charge is -2.23. The Hall–Kier alpha value is -0.610. The molecule has 1 aromatic carbocycles. The van der Waals surface area contributed by atoms with E-state index in [-0.39, 0.29) is 22.5 Å². The third-order valence-corrected chi connectivity index (χ3v) is 4.06. The minimum atomic E-state index is -0.553. The largest absolute Gasteiger partial charge is 0.335 e. The van der Waals surface area contributed by atoms with Crippen LogP contribution in [0.4, 0.5) is 4.39 Å². The van der Waals surface area contributed by atoms with E-state index >= 15 is 0 Å². The van der Waals surface area contributed by atoms with Crippen LogP contribution in [0.15, 0.2) is 18.2 Å². The van der Waals surface area contributed by atoms with E-state index in [9.17, 15) is 9.18 Å². The Morgan fingerprint density at radius 1 is 1.59 bits per heavy atom. The molecule has 2 rings (SSSR count). The Labute approximate surface area is 113 Å². The zero-order valence-electron chi connectivity index (χ0n) is 9.13.